The van der Waals surface area contributed by atoms with Crippen LogP contribution in [0, 0.1) is 11.3 Å². The van der Waals surface area contributed by atoms with E-state index in [2.05, 4.69) is 19.9 Å². The van der Waals surface area contributed by atoms with Gasteiger partial charge in [-0.3, -0.25) is 4.79 Å². The van der Waals surface area contributed by atoms with Crippen LogP contribution < -0.4 is 0 Å². The number of carboxylic acids is 1. The van der Waals surface area contributed by atoms with Gasteiger partial charge in [0.15, 0.2) is 0 Å². The molecule has 0 spiro atoms. The van der Waals surface area contributed by atoms with Crippen LogP contribution in [-0.4, -0.2) is 11.1 Å². The van der Waals surface area contributed by atoms with Gasteiger partial charge in [0.05, 0.1) is 5.41 Å². The minimum atomic E-state index is -0.735. The molecule has 0 aliphatic rings. The van der Waals surface area contributed by atoms with Gasteiger partial charge in [-0.25, -0.2) is 0 Å². The Morgan fingerprint density at radius 2 is 1.92 bits per heavy atom. The van der Waals surface area contributed by atoms with E-state index in [1.807, 2.05) is 6.08 Å². The van der Waals surface area contributed by atoms with E-state index < -0.39 is 11.4 Å². The highest BCUT2D eigenvalue weighted by Gasteiger charge is 2.24. The zero-order chi connectivity index (χ0) is 10.5. The van der Waals surface area contributed by atoms with Crippen LogP contribution >= 0.6 is 0 Å². The fraction of sp³-hybridized carbons (Fsp3) is 0.727. The van der Waals surface area contributed by atoms with E-state index >= 15 is 0 Å². The molecule has 0 atom stereocenters. The summed E-state index contributed by atoms with van der Waals surface area (Å²) in [4.78, 5) is 10.7. The van der Waals surface area contributed by atoms with Crippen LogP contribution in [0.1, 0.15) is 40.5 Å². The van der Waals surface area contributed by atoms with Crippen molar-refractivity contribution in [2.24, 2.45) is 11.3 Å². The molecule has 0 aliphatic carbocycles. The molecule has 0 fully saturated rings. The van der Waals surface area contributed by atoms with Gasteiger partial charge in [-0.1, -0.05) is 26.0 Å². The predicted octanol–water partition coefficient (Wildman–Crippen LogP) is 3.09. The van der Waals surface area contributed by atoms with Gasteiger partial charge in [0.25, 0.3) is 0 Å². The van der Waals surface area contributed by atoms with Crippen LogP contribution in [0.5, 0.6) is 0 Å². The van der Waals surface area contributed by atoms with Crippen molar-refractivity contribution in [2.45, 2.75) is 40.5 Å². The molecule has 1 N–H and O–H groups in total. The maximum absolute atomic E-state index is 10.7. The number of rotatable bonds is 5. The largest absolute Gasteiger partial charge is 0.481 e. The van der Waals surface area contributed by atoms with Crippen LogP contribution in [0.25, 0.3) is 0 Å². The molecule has 0 aliphatic heterocycles. The van der Waals surface area contributed by atoms with Gasteiger partial charge < -0.3 is 5.11 Å². The molecule has 13 heavy (non-hydrogen) atoms. The van der Waals surface area contributed by atoms with Gasteiger partial charge in [-0.2, -0.15) is 0 Å². The van der Waals surface area contributed by atoms with Crippen LogP contribution in [0.2, 0.25) is 0 Å². The lowest BCUT2D eigenvalue weighted by Gasteiger charge is -2.15. The van der Waals surface area contributed by atoms with Crippen LogP contribution in [-0.2, 0) is 4.79 Å². The molecule has 2 heteroatoms. The molecular weight excluding hydrogens is 164 g/mol. The number of allylic oxidation sites excluding steroid dienone is 2. The Morgan fingerprint density at radius 3 is 2.31 bits per heavy atom. The fourth-order valence-corrected chi connectivity index (χ4v) is 0.834. The number of carboxylic acid groups (broad SMARTS) is 1. The second-order valence-corrected chi connectivity index (χ2v) is 4.49. The molecule has 0 heterocycles. The fourth-order valence-electron chi connectivity index (χ4n) is 0.834. The van der Waals surface area contributed by atoms with E-state index in [0.717, 1.165) is 6.42 Å². The van der Waals surface area contributed by atoms with Crippen molar-refractivity contribution in [2.75, 3.05) is 0 Å². The smallest absolute Gasteiger partial charge is 0.309 e. The molecule has 0 saturated heterocycles. The summed E-state index contributed by atoms with van der Waals surface area (Å²) in [5.41, 5.74) is -0.631. The second-order valence-electron chi connectivity index (χ2n) is 4.49. The summed E-state index contributed by atoms with van der Waals surface area (Å²) < 4.78 is 0. The Kier molecular flexibility index (Phi) is 4.74. The Balaban J connectivity index is 3.87. The van der Waals surface area contributed by atoms with Crippen molar-refractivity contribution in [3.63, 3.8) is 0 Å². The SMILES string of the molecule is CC(C)C/C=C\CC(C)(C)C(=O)O. The standard InChI is InChI=1S/C11H20O2/c1-9(2)7-5-6-8-11(3,4)10(12)13/h5-6,9H,7-8H2,1-4H3,(H,12,13)/b6-5-. The third-order valence-corrected chi connectivity index (χ3v) is 1.98. The summed E-state index contributed by atoms with van der Waals surface area (Å²) in [6, 6.07) is 0. The summed E-state index contributed by atoms with van der Waals surface area (Å²) in [6.07, 6.45) is 5.66. The molecule has 0 aromatic carbocycles. The quantitative estimate of drug-likeness (QED) is 0.667. The highest BCUT2D eigenvalue weighted by Crippen LogP contribution is 2.21. The first kappa shape index (κ1) is 12.2. The zero-order valence-corrected chi connectivity index (χ0v) is 9.00. The van der Waals surface area contributed by atoms with Gasteiger partial charge in [0, 0.05) is 0 Å². The number of carbonyl (C=O) groups is 1. The van der Waals surface area contributed by atoms with E-state index in [1.165, 1.54) is 0 Å². The Hall–Kier alpha value is -0.790. The van der Waals surface area contributed by atoms with Crippen molar-refractivity contribution in [3.8, 4) is 0 Å². The van der Waals surface area contributed by atoms with Crippen LogP contribution in [0.15, 0.2) is 12.2 Å². The molecule has 0 saturated carbocycles. The molecule has 76 valence electrons. The van der Waals surface area contributed by atoms with Crippen molar-refractivity contribution in [1.82, 2.24) is 0 Å². The monoisotopic (exact) mass is 184 g/mol. The number of hydrogen-bond acceptors (Lipinski definition) is 1. The predicted molar refractivity (Wildman–Crippen MR) is 54.6 cm³/mol. The van der Waals surface area contributed by atoms with Gasteiger partial charge in [0.2, 0.25) is 0 Å². The minimum Gasteiger partial charge on any atom is -0.481 e. The molecule has 0 aromatic rings. The van der Waals surface area contributed by atoms with Crippen LogP contribution in [0.4, 0.5) is 0 Å². The van der Waals surface area contributed by atoms with E-state index in [-0.39, 0.29) is 0 Å². The highest BCUT2D eigenvalue weighted by atomic mass is 16.4. The lowest BCUT2D eigenvalue weighted by molar-refractivity contribution is -0.146. The van der Waals surface area contributed by atoms with Crippen LogP contribution in [0.3, 0.4) is 0 Å². The first-order valence-electron chi connectivity index (χ1n) is 4.74. The van der Waals surface area contributed by atoms with Crippen molar-refractivity contribution in [3.05, 3.63) is 12.2 Å². The van der Waals surface area contributed by atoms with Crippen molar-refractivity contribution >= 4 is 5.97 Å². The van der Waals surface area contributed by atoms with E-state index in [9.17, 15) is 4.79 Å². The lowest BCUT2D eigenvalue weighted by atomic mass is 9.89. The molecule has 2 nitrogen and oxygen atoms in total. The summed E-state index contributed by atoms with van der Waals surface area (Å²) >= 11 is 0. The van der Waals surface area contributed by atoms with Gasteiger partial charge in [-0.15, -0.1) is 0 Å². The molecular formula is C11H20O2. The lowest BCUT2D eigenvalue weighted by Crippen LogP contribution is -2.22. The third kappa shape index (κ3) is 5.45. The van der Waals surface area contributed by atoms with E-state index in [4.69, 9.17) is 5.11 Å². The van der Waals surface area contributed by atoms with E-state index in [1.54, 1.807) is 13.8 Å². The Morgan fingerprint density at radius 1 is 1.38 bits per heavy atom. The average molecular weight is 184 g/mol. The zero-order valence-electron chi connectivity index (χ0n) is 9.00. The summed E-state index contributed by atoms with van der Waals surface area (Å²) in [5.74, 6) is -0.0918. The average Bonchev–Trinajstić information content (AvgIpc) is 1.97. The first-order chi connectivity index (χ1) is 5.86. The molecule has 0 radical (unpaired) electrons. The van der Waals surface area contributed by atoms with Crippen molar-refractivity contribution in [1.29, 1.82) is 0 Å². The van der Waals surface area contributed by atoms with E-state index in [0.29, 0.717) is 12.3 Å². The first-order valence-corrected chi connectivity index (χ1v) is 4.74. The maximum atomic E-state index is 10.7. The molecule has 0 bridgehead atoms. The molecule has 0 unspecified atom stereocenters. The number of aliphatic carboxylic acids is 1. The van der Waals surface area contributed by atoms with Gasteiger partial charge in [0.1, 0.15) is 0 Å². The number of hydrogen-bond donors (Lipinski definition) is 1. The third-order valence-electron chi connectivity index (χ3n) is 1.98. The molecule has 0 amide bonds. The molecule has 0 aromatic heterocycles. The summed E-state index contributed by atoms with van der Waals surface area (Å²) in [5, 5.41) is 8.82. The van der Waals surface area contributed by atoms with Crippen molar-refractivity contribution < 1.29 is 9.90 Å². The second kappa shape index (κ2) is 5.05. The highest BCUT2D eigenvalue weighted by molar-refractivity contribution is 5.73. The summed E-state index contributed by atoms with van der Waals surface area (Å²) in [7, 11) is 0. The maximum Gasteiger partial charge on any atom is 0.309 e. The Bertz CT molecular complexity index is 190. The molecule has 0 rings (SSSR count). The topological polar surface area (TPSA) is 37.3 Å². The summed E-state index contributed by atoms with van der Waals surface area (Å²) in [6.45, 7) is 7.78. The van der Waals surface area contributed by atoms with Gasteiger partial charge in [-0.05, 0) is 32.6 Å². The minimum absolute atomic E-state index is 0.606. The van der Waals surface area contributed by atoms with Gasteiger partial charge >= 0.3 is 5.97 Å². The Labute approximate surface area is 80.7 Å². The normalized spacial score (nSPS) is 12.7.